The molecule has 1 unspecified atom stereocenters. The molecular formula is C21H21N5O5. The molecule has 2 aromatic carbocycles. The molecule has 0 aliphatic heterocycles. The van der Waals surface area contributed by atoms with E-state index in [2.05, 4.69) is 21.1 Å². The van der Waals surface area contributed by atoms with Crippen LogP contribution in [0.2, 0.25) is 0 Å². The lowest BCUT2D eigenvalue weighted by atomic mass is 10.1. The first-order chi connectivity index (χ1) is 15.0. The number of rotatable bonds is 9. The summed E-state index contributed by atoms with van der Waals surface area (Å²) in [6.07, 6.45) is 0.904. The van der Waals surface area contributed by atoms with Gasteiger partial charge in [0.05, 0.1) is 19.0 Å². The molecule has 0 aliphatic carbocycles. The van der Waals surface area contributed by atoms with E-state index in [0.29, 0.717) is 22.6 Å². The van der Waals surface area contributed by atoms with E-state index in [1.165, 1.54) is 6.34 Å². The summed E-state index contributed by atoms with van der Waals surface area (Å²) in [5, 5.41) is 21.2. The molecule has 3 rings (SSSR count). The van der Waals surface area contributed by atoms with E-state index in [1.54, 1.807) is 42.5 Å². The van der Waals surface area contributed by atoms with Crippen LogP contribution in [0, 0.1) is 0 Å². The highest BCUT2D eigenvalue weighted by Crippen LogP contribution is 2.25. The van der Waals surface area contributed by atoms with Gasteiger partial charge in [0.2, 0.25) is 5.91 Å². The number of nitrogens with zero attached hydrogens (tertiary/aromatic N) is 1. The number of nitrogens with two attached hydrogens (primary N) is 1. The second-order valence-electron chi connectivity index (χ2n) is 6.59. The normalized spacial score (nSPS) is 11.9. The van der Waals surface area contributed by atoms with Crippen LogP contribution in [0.25, 0.3) is 11.0 Å². The van der Waals surface area contributed by atoms with Gasteiger partial charge >= 0.3 is 5.97 Å². The van der Waals surface area contributed by atoms with E-state index in [1.807, 2.05) is 12.1 Å². The van der Waals surface area contributed by atoms with E-state index in [4.69, 9.17) is 10.3 Å². The van der Waals surface area contributed by atoms with Crippen molar-refractivity contribution >= 4 is 40.8 Å². The van der Waals surface area contributed by atoms with Crippen LogP contribution in [0.1, 0.15) is 28.6 Å². The number of aliphatic carboxylic acids is 1. The van der Waals surface area contributed by atoms with Crippen LogP contribution in [0.15, 0.2) is 64.1 Å². The van der Waals surface area contributed by atoms with Crippen molar-refractivity contribution in [2.45, 2.75) is 12.5 Å². The Kier molecular flexibility index (Phi) is 6.84. The molecule has 0 spiro atoms. The van der Waals surface area contributed by atoms with E-state index < -0.39 is 23.8 Å². The Morgan fingerprint density at radius 3 is 2.68 bits per heavy atom. The van der Waals surface area contributed by atoms with Crippen LogP contribution in [-0.2, 0) is 9.59 Å². The number of hydrogen-bond acceptors (Lipinski definition) is 6. The maximum absolute atomic E-state index is 12.4. The Hall–Kier alpha value is -4.34. The average Bonchev–Trinajstić information content (AvgIpc) is 3.20. The molecule has 2 amide bonds. The Labute approximate surface area is 177 Å². The third-order valence-electron chi connectivity index (χ3n) is 4.34. The number of nitrogens with one attached hydrogen (secondary N) is 3. The molecule has 0 saturated carbocycles. The number of benzene rings is 2. The van der Waals surface area contributed by atoms with Crippen LogP contribution in [0.5, 0.6) is 0 Å². The highest BCUT2D eigenvalue weighted by Gasteiger charge is 2.22. The van der Waals surface area contributed by atoms with Gasteiger partial charge in [-0.05, 0) is 30.3 Å². The first kappa shape index (κ1) is 21.4. The van der Waals surface area contributed by atoms with Crippen molar-refractivity contribution in [3.05, 3.63) is 65.9 Å². The van der Waals surface area contributed by atoms with Crippen LogP contribution in [-0.4, -0.2) is 35.8 Å². The number of carbonyl (C=O) groups is 3. The molecule has 0 bridgehead atoms. The summed E-state index contributed by atoms with van der Waals surface area (Å²) in [6, 6.07) is 14.5. The second kappa shape index (κ2) is 9.92. The van der Waals surface area contributed by atoms with Crippen molar-refractivity contribution < 1.29 is 23.9 Å². The third-order valence-corrected chi connectivity index (χ3v) is 4.34. The lowest BCUT2D eigenvalue weighted by molar-refractivity contribution is -0.137. The minimum Gasteiger partial charge on any atom is -0.481 e. The highest BCUT2D eigenvalue weighted by molar-refractivity contribution is 5.97. The minimum absolute atomic E-state index is 0.322. The summed E-state index contributed by atoms with van der Waals surface area (Å²) in [5.41, 5.74) is 1.50. The van der Waals surface area contributed by atoms with Gasteiger partial charge in [-0.25, -0.2) is 0 Å². The molecule has 0 fully saturated rings. The maximum atomic E-state index is 12.4. The van der Waals surface area contributed by atoms with Gasteiger partial charge < -0.3 is 31.3 Å². The van der Waals surface area contributed by atoms with Gasteiger partial charge in [-0.15, -0.1) is 0 Å². The Bertz CT molecular complexity index is 1090. The molecule has 0 saturated heterocycles. The topological polar surface area (TPSA) is 159 Å². The number of amides is 2. The van der Waals surface area contributed by atoms with Crippen molar-refractivity contribution in [3.63, 3.8) is 0 Å². The van der Waals surface area contributed by atoms with Gasteiger partial charge in [-0.1, -0.05) is 24.3 Å². The Balaban J connectivity index is 1.63. The van der Waals surface area contributed by atoms with Crippen LogP contribution in [0.3, 0.4) is 0 Å². The van der Waals surface area contributed by atoms with Crippen molar-refractivity contribution in [2.75, 3.05) is 11.9 Å². The molecule has 160 valence electrons. The second-order valence-corrected chi connectivity index (χ2v) is 6.59. The fourth-order valence-corrected chi connectivity index (χ4v) is 2.94. The smallest absolute Gasteiger partial charge is 0.305 e. The fraction of sp³-hybridized carbons (Fsp3) is 0.143. The molecule has 6 N–H and O–H groups in total. The minimum atomic E-state index is -1.10. The Morgan fingerprint density at radius 2 is 1.94 bits per heavy atom. The standard InChI is InChI=1S/C21H21N5O5/c22-25-12-24-15-6-3-5-14(8-15)21(30)23-11-19(27)26-16(10-20(28)29)18-9-13-4-1-2-7-17(13)31-18/h1-9,12,16H,10-11,22H2,(H,23,30)(H,24,25)(H,26,27)(H,28,29). The number of furan rings is 1. The SMILES string of the molecule is NN=CNc1cccc(C(=O)NCC(=O)NC(CC(=O)O)c2cc3ccccc3o2)c1. The van der Waals surface area contributed by atoms with E-state index in [-0.39, 0.29) is 13.0 Å². The molecule has 1 heterocycles. The first-order valence-electron chi connectivity index (χ1n) is 9.32. The van der Waals surface area contributed by atoms with Crippen LogP contribution < -0.4 is 21.8 Å². The predicted molar refractivity (Wildman–Crippen MR) is 114 cm³/mol. The number of para-hydroxylation sites is 1. The molecule has 10 heteroatoms. The molecule has 3 aromatic rings. The van der Waals surface area contributed by atoms with Crippen LogP contribution in [0.4, 0.5) is 5.69 Å². The third kappa shape index (κ3) is 5.82. The number of carbonyl (C=O) groups excluding carboxylic acids is 2. The van der Waals surface area contributed by atoms with Gasteiger partial charge in [-0.3, -0.25) is 14.4 Å². The van der Waals surface area contributed by atoms with Gasteiger partial charge in [0.1, 0.15) is 17.7 Å². The molecule has 0 aliphatic rings. The summed E-state index contributed by atoms with van der Waals surface area (Å²) in [6.45, 7) is -0.336. The summed E-state index contributed by atoms with van der Waals surface area (Å²) in [5.74, 6) is 3.23. The molecule has 0 radical (unpaired) electrons. The van der Waals surface area contributed by atoms with Crippen molar-refractivity contribution in [1.29, 1.82) is 0 Å². The quantitative estimate of drug-likeness (QED) is 0.152. The molecule has 31 heavy (non-hydrogen) atoms. The number of fused-ring (bicyclic) bond motifs is 1. The van der Waals surface area contributed by atoms with E-state index in [9.17, 15) is 19.5 Å². The summed E-state index contributed by atoms with van der Waals surface area (Å²) in [7, 11) is 0. The summed E-state index contributed by atoms with van der Waals surface area (Å²) >= 11 is 0. The lowest BCUT2D eigenvalue weighted by Crippen LogP contribution is -2.39. The number of hydrazone groups is 1. The number of hydrogen-bond donors (Lipinski definition) is 5. The molecule has 1 aromatic heterocycles. The zero-order valence-electron chi connectivity index (χ0n) is 16.4. The Morgan fingerprint density at radius 1 is 1.13 bits per heavy atom. The highest BCUT2D eigenvalue weighted by atomic mass is 16.4. The molecule has 10 nitrogen and oxygen atoms in total. The van der Waals surface area contributed by atoms with Gasteiger partial charge in [-0.2, -0.15) is 5.10 Å². The number of carboxylic acid groups (broad SMARTS) is 1. The van der Waals surface area contributed by atoms with Crippen molar-refractivity contribution in [1.82, 2.24) is 10.6 Å². The molecular weight excluding hydrogens is 402 g/mol. The largest absolute Gasteiger partial charge is 0.481 e. The summed E-state index contributed by atoms with van der Waals surface area (Å²) in [4.78, 5) is 36.0. The zero-order chi connectivity index (χ0) is 22.2. The van der Waals surface area contributed by atoms with E-state index >= 15 is 0 Å². The van der Waals surface area contributed by atoms with Crippen molar-refractivity contribution in [2.24, 2.45) is 10.9 Å². The van der Waals surface area contributed by atoms with Gasteiger partial charge in [0, 0.05) is 16.6 Å². The first-order valence-corrected chi connectivity index (χ1v) is 9.32. The summed E-state index contributed by atoms with van der Waals surface area (Å²) < 4.78 is 5.68. The maximum Gasteiger partial charge on any atom is 0.305 e. The monoisotopic (exact) mass is 423 g/mol. The lowest BCUT2D eigenvalue weighted by Gasteiger charge is -2.15. The van der Waals surface area contributed by atoms with Gasteiger partial charge in [0.15, 0.2) is 0 Å². The van der Waals surface area contributed by atoms with Crippen LogP contribution >= 0.6 is 0 Å². The van der Waals surface area contributed by atoms with E-state index in [0.717, 1.165) is 5.39 Å². The van der Waals surface area contributed by atoms with Crippen molar-refractivity contribution in [3.8, 4) is 0 Å². The number of anilines is 1. The molecule has 1 atom stereocenters. The predicted octanol–water partition coefficient (Wildman–Crippen LogP) is 1.81. The number of carboxylic acids is 1. The fourth-order valence-electron chi connectivity index (χ4n) is 2.94. The zero-order valence-corrected chi connectivity index (χ0v) is 16.4. The average molecular weight is 423 g/mol. The van der Waals surface area contributed by atoms with Gasteiger partial charge in [0.25, 0.3) is 5.91 Å².